The molecule has 2 aromatic heterocycles. The largest absolute Gasteiger partial charge is 0.322 e. The Balaban J connectivity index is 1.92. The fourth-order valence-electron chi connectivity index (χ4n) is 1.86. The number of benzene rings is 1. The van der Waals surface area contributed by atoms with Crippen LogP contribution in [0.4, 0.5) is 5.69 Å². The van der Waals surface area contributed by atoms with Gasteiger partial charge in [-0.2, -0.15) is 0 Å². The van der Waals surface area contributed by atoms with Crippen molar-refractivity contribution in [1.29, 1.82) is 0 Å². The zero-order chi connectivity index (χ0) is 13.2. The third kappa shape index (κ3) is 2.30. The van der Waals surface area contributed by atoms with E-state index in [0.717, 1.165) is 0 Å². The number of pyridine rings is 1. The number of rotatable bonds is 2. The SMILES string of the molecule is O=C(Nc1ccc(Cl)cc1)c1cccn2ccnc12. The maximum absolute atomic E-state index is 12.2. The normalized spacial score (nSPS) is 10.6. The molecule has 0 unspecified atom stereocenters. The van der Waals surface area contributed by atoms with Crippen molar-refractivity contribution >= 4 is 28.8 Å². The van der Waals surface area contributed by atoms with Crippen molar-refractivity contribution in [3.05, 3.63) is 65.6 Å². The van der Waals surface area contributed by atoms with Crippen LogP contribution >= 0.6 is 11.6 Å². The Bertz CT molecular complexity index is 734. The first-order valence-electron chi connectivity index (χ1n) is 5.72. The smallest absolute Gasteiger partial charge is 0.259 e. The summed E-state index contributed by atoms with van der Waals surface area (Å²) in [4.78, 5) is 16.4. The number of anilines is 1. The summed E-state index contributed by atoms with van der Waals surface area (Å²) >= 11 is 5.80. The van der Waals surface area contributed by atoms with E-state index in [0.29, 0.717) is 21.9 Å². The number of amides is 1. The van der Waals surface area contributed by atoms with E-state index in [2.05, 4.69) is 10.3 Å². The van der Waals surface area contributed by atoms with Gasteiger partial charge in [0, 0.05) is 29.3 Å². The molecule has 0 saturated heterocycles. The summed E-state index contributed by atoms with van der Waals surface area (Å²) < 4.78 is 1.80. The molecule has 0 fully saturated rings. The van der Waals surface area contributed by atoms with Crippen molar-refractivity contribution in [1.82, 2.24) is 9.38 Å². The predicted molar refractivity (Wildman–Crippen MR) is 74.6 cm³/mol. The Labute approximate surface area is 114 Å². The minimum Gasteiger partial charge on any atom is -0.322 e. The van der Waals surface area contributed by atoms with E-state index in [1.807, 2.05) is 12.3 Å². The van der Waals surface area contributed by atoms with Gasteiger partial charge in [-0.05, 0) is 36.4 Å². The van der Waals surface area contributed by atoms with Crippen LogP contribution in [0.3, 0.4) is 0 Å². The summed E-state index contributed by atoms with van der Waals surface area (Å²) in [5.74, 6) is -0.195. The minimum absolute atomic E-state index is 0.195. The molecule has 1 aromatic carbocycles. The second kappa shape index (κ2) is 4.74. The molecule has 4 nitrogen and oxygen atoms in total. The van der Waals surface area contributed by atoms with Crippen LogP contribution < -0.4 is 5.32 Å². The van der Waals surface area contributed by atoms with E-state index in [1.165, 1.54) is 0 Å². The quantitative estimate of drug-likeness (QED) is 0.778. The first-order valence-corrected chi connectivity index (χ1v) is 6.10. The predicted octanol–water partition coefficient (Wildman–Crippen LogP) is 3.24. The van der Waals surface area contributed by atoms with Crippen LogP contribution in [0.5, 0.6) is 0 Å². The lowest BCUT2D eigenvalue weighted by atomic mass is 10.2. The van der Waals surface area contributed by atoms with Gasteiger partial charge in [-0.15, -0.1) is 0 Å². The fourth-order valence-corrected chi connectivity index (χ4v) is 1.98. The van der Waals surface area contributed by atoms with Gasteiger partial charge in [0.25, 0.3) is 5.91 Å². The van der Waals surface area contributed by atoms with Gasteiger partial charge in [0.1, 0.15) is 5.65 Å². The molecule has 0 atom stereocenters. The van der Waals surface area contributed by atoms with E-state index in [-0.39, 0.29) is 5.91 Å². The molecule has 0 aliphatic rings. The molecular formula is C14H10ClN3O. The molecule has 94 valence electrons. The second-order valence-electron chi connectivity index (χ2n) is 4.04. The number of aromatic nitrogens is 2. The Morgan fingerprint density at radius 2 is 1.95 bits per heavy atom. The molecule has 3 rings (SSSR count). The van der Waals surface area contributed by atoms with Gasteiger partial charge in [-0.1, -0.05) is 11.6 Å². The van der Waals surface area contributed by atoms with Crippen molar-refractivity contribution in [3.63, 3.8) is 0 Å². The van der Waals surface area contributed by atoms with Gasteiger partial charge in [0.2, 0.25) is 0 Å². The third-order valence-corrected chi connectivity index (χ3v) is 3.02. The summed E-state index contributed by atoms with van der Waals surface area (Å²) in [6, 6.07) is 10.5. The lowest BCUT2D eigenvalue weighted by Crippen LogP contribution is -2.13. The van der Waals surface area contributed by atoms with Crippen LogP contribution in [0.15, 0.2) is 55.0 Å². The monoisotopic (exact) mass is 271 g/mol. The van der Waals surface area contributed by atoms with Gasteiger partial charge < -0.3 is 9.72 Å². The van der Waals surface area contributed by atoms with Crippen LogP contribution in [0.2, 0.25) is 5.02 Å². The zero-order valence-electron chi connectivity index (χ0n) is 9.88. The number of fused-ring (bicyclic) bond motifs is 1. The highest BCUT2D eigenvalue weighted by molar-refractivity contribution is 6.30. The molecule has 19 heavy (non-hydrogen) atoms. The zero-order valence-corrected chi connectivity index (χ0v) is 10.6. The number of halogens is 1. The number of carbonyl (C=O) groups excluding carboxylic acids is 1. The summed E-state index contributed by atoms with van der Waals surface area (Å²) in [7, 11) is 0. The van der Waals surface area contributed by atoms with Crippen LogP contribution in [0.25, 0.3) is 5.65 Å². The molecule has 0 aliphatic heterocycles. The number of nitrogens with zero attached hydrogens (tertiary/aromatic N) is 2. The number of carbonyl (C=O) groups is 1. The Hall–Kier alpha value is -2.33. The van der Waals surface area contributed by atoms with Crippen molar-refractivity contribution in [3.8, 4) is 0 Å². The molecule has 0 spiro atoms. The van der Waals surface area contributed by atoms with Crippen molar-refractivity contribution < 1.29 is 4.79 Å². The fraction of sp³-hybridized carbons (Fsp3) is 0. The van der Waals surface area contributed by atoms with Crippen molar-refractivity contribution in [2.45, 2.75) is 0 Å². The summed E-state index contributed by atoms with van der Waals surface area (Å²) in [6.07, 6.45) is 5.31. The standard InChI is InChI=1S/C14H10ClN3O/c15-10-3-5-11(6-4-10)17-14(19)12-2-1-8-18-9-7-16-13(12)18/h1-9H,(H,17,19). The average molecular weight is 272 g/mol. The van der Waals surface area contributed by atoms with Crippen LogP contribution in [0, 0.1) is 0 Å². The highest BCUT2D eigenvalue weighted by Crippen LogP contribution is 2.16. The molecule has 3 aromatic rings. The second-order valence-corrected chi connectivity index (χ2v) is 4.48. The Morgan fingerprint density at radius 3 is 2.74 bits per heavy atom. The molecule has 1 N–H and O–H groups in total. The lowest BCUT2D eigenvalue weighted by molar-refractivity contribution is 0.102. The van der Waals surface area contributed by atoms with E-state index in [1.54, 1.807) is 47.1 Å². The van der Waals surface area contributed by atoms with Crippen molar-refractivity contribution in [2.24, 2.45) is 0 Å². The average Bonchev–Trinajstić information content (AvgIpc) is 2.89. The Morgan fingerprint density at radius 1 is 1.16 bits per heavy atom. The van der Waals surface area contributed by atoms with E-state index < -0.39 is 0 Å². The van der Waals surface area contributed by atoms with Crippen LogP contribution in [-0.4, -0.2) is 15.3 Å². The van der Waals surface area contributed by atoms with Crippen LogP contribution in [-0.2, 0) is 0 Å². The molecular weight excluding hydrogens is 262 g/mol. The van der Waals surface area contributed by atoms with E-state index in [9.17, 15) is 4.79 Å². The van der Waals surface area contributed by atoms with Crippen molar-refractivity contribution in [2.75, 3.05) is 5.32 Å². The van der Waals surface area contributed by atoms with Gasteiger partial charge >= 0.3 is 0 Å². The van der Waals surface area contributed by atoms with Gasteiger partial charge in [0.05, 0.1) is 5.56 Å². The summed E-state index contributed by atoms with van der Waals surface area (Å²) in [6.45, 7) is 0. The highest BCUT2D eigenvalue weighted by atomic mass is 35.5. The number of nitrogens with one attached hydrogen (secondary N) is 1. The lowest BCUT2D eigenvalue weighted by Gasteiger charge is -2.06. The maximum Gasteiger partial charge on any atom is 0.259 e. The topological polar surface area (TPSA) is 46.4 Å². The molecule has 0 bridgehead atoms. The first-order chi connectivity index (χ1) is 9.24. The van der Waals surface area contributed by atoms with Gasteiger partial charge in [0.15, 0.2) is 0 Å². The molecule has 5 heteroatoms. The first kappa shape index (κ1) is 11.7. The number of hydrogen-bond donors (Lipinski definition) is 1. The van der Waals surface area contributed by atoms with E-state index >= 15 is 0 Å². The van der Waals surface area contributed by atoms with E-state index in [4.69, 9.17) is 11.6 Å². The summed E-state index contributed by atoms with van der Waals surface area (Å²) in [5, 5.41) is 3.45. The molecule has 0 aliphatic carbocycles. The molecule has 2 heterocycles. The summed E-state index contributed by atoms with van der Waals surface area (Å²) in [5.41, 5.74) is 1.86. The van der Waals surface area contributed by atoms with Gasteiger partial charge in [-0.25, -0.2) is 4.98 Å². The molecule has 0 radical (unpaired) electrons. The highest BCUT2D eigenvalue weighted by Gasteiger charge is 2.11. The maximum atomic E-state index is 12.2. The van der Waals surface area contributed by atoms with Gasteiger partial charge in [-0.3, -0.25) is 4.79 Å². The number of hydrogen-bond acceptors (Lipinski definition) is 2. The number of imidazole rings is 1. The van der Waals surface area contributed by atoms with Crippen LogP contribution in [0.1, 0.15) is 10.4 Å². The Kier molecular flexibility index (Phi) is 2.93. The molecule has 0 saturated carbocycles. The third-order valence-electron chi connectivity index (χ3n) is 2.77. The molecule has 1 amide bonds. The minimum atomic E-state index is -0.195.